The Morgan fingerprint density at radius 1 is 1.26 bits per heavy atom. The number of aliphatic carboxylic acids is 1. The highest BCUT2D eigenvalue weighted by Crippen LogP contribution is 2.13. The zero-order valence-electron chi connectivity index (χ0n) is 11.0. The molecule has 0 radical (unpaired) electrons. The predicted octanol–water partition coefficient (Wildman–Crippen LogP) is 2.41. The Bertz CT molecular complexity index is 465. The van der Waals surface area contributed by atoms with E-state index in [4.69, 9.17) is 5.11 Å². The van der Waals surface area contributed by atoms with Gasteiger partial charge in [-0.1, -0.05) is 28.1 Å². The zero-order valence-corrected chi connectivity index (χ0v) is 12.6. The van der Waals surface area contributed by atoms with Gasteiger partial charge in [-0.25, -0.2) is 4.79 Å². The first-order chi connectivity index (χ1) is 8.90. The van der Waals surface area contributed by atoms with E-state index in [0.29, 0.717) is 6.54 Å². The molecule has 2 amide bonds. The molecule has 6 heteroatoms. The van der Waals surface area contributed by atoms with E-state index >= 15 is 0 Å². The largest absolute Gasteiger partial charge is 0.481 e. The third-order valence-electron chi connectivity index (χ3n) is 2.62. The molecule has 0 spiro atoms. The van der Waals surface area contributed by atoms with Crippen LogP contribution in [0.1, 0.15) is 12.0 Å². The van der Waals surface area contributed by atoms with Crippen LogP contribution < -0.4 is 0 Å². The van der Waals surface area contributed by atoms with E-state index in [2.05, 4.69) is 15.9 Å². The van der Waals surface area contributed by atoms with E-state index in [1.807, 2.05) is 24.3 Å². The fraction of sp³-hybridized carbons (Fsp3) is 0.385. The monoisotopic (exact) mass is 328 g/mol. The van der Waals surface area contributed by atoms with Gasteiger partial charge < -0.3 is 14.9 Å². The molecule has 1 N–H and O–H groups in total. The van der Waals surface area contributed by atoms with Crippen molar-refractivity contribution >= 4 is 27.9 Å². The number of amides is 2. The summed E-state index contributed by atoms with van der Waals surface area (Å²) in [7, 11) is 3.29. The van der Waals surface area contributed by atoms with Crippen molar-refractivity contribution in [3.63, 3.8) is 0 Å². The molecule has 5 nitrogen and oxygen atoms in total. The van der Waals surface area contributed by atoms with Gasteiger partial charge in [-0.05, 0) is 17.7 Å². The van der Waals surface area contributed by atoms with Crippen LogP contribution in [0.15, 0.2) is 28.7 Å². The van der Waals surface area contributed by atoms with Crippen LogP contribution in [-0.4, -0.2) is 47.5 Å². The number of carbonyl (C=O) groups is 2. The van der Waals surface area contributed by atoms with Gasteiger partial charge in [0.25, 0.3) is 0 Å². The minimum Gasteiger partial charge on any atom is -0.481 e. The van der Waals surface area contributed by atoms with E-state index in [1.54, 1.807) is 19.0 Å². The van der Waals surface area contributed by atoms with Crippen LogP contribution in [0, 0.1) is 0 Å². The smallest absolute Gasteiger partial charge is 0.319 e. The van der Waals surface area contributed by atoms with E-state index in [9.17, 15) is 9.59 Å². The van der Waals surface area contributed by atoms with Gasteiger partial charge >= 0.3 is 12.0 Å². The molecule has 0 saturated carbocycles. The SMILES string of the molecule is CN(CCC(=O)O)C(=O)N(C)Cc1cccc(Br)c1. The molecule has 19 heavy (non-hydrogen) atoms. The maximum absolute atomic E-state index is 12.0. The number of halogens is 1. The van der Waals surface area contributed by atoms with Crippen LogP contribution in [0.3, 0.4) is 0 Å². The molecule has 0 aliphatic heterocycles. The molecule has 1 aromatic rings. The van der Waals surface area contributed by atoms with E-state index < -0.39 is 5.97 Å². The van der Waals surface area contributed by atoms with Gasteiger partial charge in [0.15, 0.2) is 0 Å². The third kappa shape index (κ3) is 5.30. The van der Waals surface area contributed by atoms with Gasteiger partial charge in [-0.2, -0.15) is 0 Å². The maximum atomic E-state index is 12.0. The minimum absolute atomic E-state index is 0.0486. The Labute approximate surface area is 120 Å². The summed E-state index contributed by atoms with van der Waals surface area (Å²) in [5, 5.41) is 8.59. The van der Waals surface area contributed by atoms with Gasteiger partial charge in [0, 0.05) is 31.7 Å². The van der Waals surface area contributed by atoms with Crippen molar-refractivity contribution in [2.75, 3.05) is 20.6 Å². The highest BCUT2D eigenvalue weighted by molar-refractivity contribution is 9.10. The first-order valence-electron chi connectivity index (χ1n) is 5.82. The second-order valence-corrected chi connectivity index (χ2v) is 5.25. The van der Waals surface area contributed by atoms with Gasteiger partial charge in [-0.3, -0.25) is 4.79 Å². The molecular formula is C13H17BrN2O3. The number of urea groups is 1. The standard InChI is InChI=1S/C13H17BrN2O3/c1-15(7-6-12(17)18)13(19)16(2)9-10-4-3-5-11(14)8-10/h3-5,8H,6-7,9H2,1-2H3,(H,17,18). The number of nitrogens with zero attached hydrogens (tertiary/aromatic N) is 2. The highest BCUT2D eigenvalue weighted by atomic mass is 79.9. The predicted molar refractivity (Wildman–Crippen MR) is 75.9 cm³/mol. The molecule has 1 rings (SSSR count). The molecule has 0 saturated heterocycles. The van der Waals surface area contributed by atoms with Crippen molar-refractivity contribution in [3.8, 4) is 0 Å². The second-order valence-electron chi connectivity index (χ2n) is 4.33. The summed E-state index contributed by atoms with van der Waals surface area (Å²) >= 11 is 3.38. The van der Waals surface area contributed by atoms with Crippen molar-refractivity contribution in [1.29, 1.82) is 0 Å². The molecule has 0 aliphatic rings. The molecule has 0 fully saturated rings. The number of hydrogen-bond acceptors (Lipinski definition) is 2. The molecule has 1 aromatic carbocycles. The number of rotatable bonds is 5. The van der Waals surface area contributed by atoms with Gasteiger partial charge in [0.1, 0.15) is 0 Å². The summed E-state index contributed by atoms with van der Waals surface area (Å²) in [6.45, 7) is 0.687. The lowest BCUT2D eigenvalue weighted by Gasteiger charge is -2.24. The van der Waals surface area contributed by atoms with Gasteiger partial charge in [0.2, 0.25) is 0 Å². The Hall–Kier alpha value is -1.56. The fourth-order valence-corrected chi connectivity index (χ4v) is 2.07. The molecule has 0 atom stereocenters. The highest BCUT2D eigenvalue weighted by Gasteiger charge is 2.15. The van der Waals surface area contributed by atoms with E-state index in [1.165, 1.54) is 4.90 Å². The maximum Gasteiger partial charge on any atom is 0.319 e. The third-order valence-corrected chi connectivity index (χ3v) is 3.12. The van der Waals surface area contributed by atoms with E-state index in [0.717, 1.165) is 10.0 Å². The summed E-state index contributed by atoms with van der Waals surface area (Å²) in [6.07, 6.45) is -0.0486. The Morgan fingerprint density at radius 2 is 1.95 bits per heavy atom. The summed E-state index contributed by atoms with van der Waals surface area (Å²) in [6, 6.07) is 7.52. The Balaban J connectivity index is 2.54. The van der Waals surface area contributed by atoms with Crippen molar-refractivity contribution in [3.05, 3.63) is 34.3 Å². The van der Waals surface area contributed by atoms with Crippen LogP contribution >= 0.6 is 15.9 Å². The molecule has 0 heterocycles. The van der Waals surface area contributed by atoms with Crippen LogP contribution in [-0.2, 0) is 11.3 Å². The summed E-state index contributed by atoms with van der Waals surface area (Å²) in [4.78, 5) is 25.4. The molecule has 0 unspecified atom stereocenters. The topological polar surface area (TPSA) is 60.9 Å². The summed E-state index contributed by atoms with van der Waals surface area (Å²) < 4.78 is 0.963. The van der Waals surface area contributed by atoms with Crippen molar-refractivity contribution in [1.82, 2.24) is 9.80 Å². The zero-order chi connectivity index (χ0) is 14.4. The lowest BCUT2D eigenvalue weighted by atomic mass is 10.2. The normalized spacial score (nSPS) is 10.1. The quantitative estimate of drug-likeness (QED) is 0.902. The Morgan fingerprint density at radius 3 is 2.53 bits per heavy atom. The summed E-state index contributed by atoms with van der Waals surface area (Å²) in [5.74, 6) is -0.908. The van der Waals surface area contributed by atoms with Crippen LogP contribution in [0.25, 0.3) is 0 Å². The first-order valence-corrected chi connectivity index (χ1v) is 6.62. The molecule has 0 aliphatic carbocycles. The average molecular weight is 329 g/mol. The van der Waals surface area contributed by atoms with Crippen molar-refractivity contribution in [2.45, 2.75) is 13.0 Å². The lowest BCUT2D eigenvalue weighted by Crippen LogP contribution is -2.39. The minimum atomic E-state index is -0.908. The number of hydrogen-bond donors (Lipinski definition) is 1. The second kappa shape index (κ2) is 7.13. The van der Waals surface area contributed by atoms with Crippen LogP contribution in [0.4, 0.5) is 4.79 Å². The molecule has 0 bridgehead atoms. The molecular weight excluding hydrogens is 312 g/mol. The van der Waals surface area contributed by atoms with Gasteiger partial charge in [-0.15, -0.1) is 0 Å². The Kier molecular flexibility index (Phi) is 5.82. The fourth-order valence-electron chi connectivity index (χ4n) is 1.63. The summed E-state index contributed by atoms with van der Waals surface area (Å²) in [5.41, 5.74) is 1.01. The molecule has 0 aromatic heterocycles. The van der Waals surface area contributed by atoms with Crippen molar-refractivity contribution in [2.24, 2.45) is 0 Å². The van der Waals surface area contributed by atoms with Gasteiger partial charge in [0.05, 0.1) is 6.42 Å². The number of benzene rings is 1. The number of carboxylic acids is 1. The number of carboxylic acid groups (broad SMARTS) is 1. The molecule has 104 valence electrons. The lowest BCUT2D eigenvalue weighted by molar-refractivity contribution is -0.137. The number of carbonyl (C=O) groups excluding carboxylic acids is 1. The van der Waals surface area contributed by atoms with E-state index in [-0.39, 0.29) is 19.0 Å². The van der Waals surface area contributed by atoms with Crippen molar-refractivity contribution < 1.29 is 14.7 Å². The van der Waals surface area contributed by atoms with Crippen LogP contribution in [0.2, 0.25) is 0 Å². The average Bonchev–Trinajstić information content (AvgIpc) is 2.34. The van der Waals surface area contributed by atoms with Crippen LogP contribution in [0.5, 0.6) is 0 Å². The first kappa shape index (κ1) is 15.5.